The second-order valence-corrected chi connectivity index (χ2v) is 17.6. The van der Waals surface area contributed by atoms with Gasteiger partial charge in [-0.2, -0.15) is 0 Å². The third-order valence-electron chi connectivity index (χ3n) is 9.76. The summed E-state index contributed by atoms with van der Waals surface area (Å²) in [6.45, 7) is 14.9. The van der Waals surface area contributed by atoms with Crippen molar-refractivity contribution in [1.82, 2.24) is 0 Å². The number of carbonyl (C=O) groups is 2. The van der Waals surface area contributed by atoms with Gasteiger partial charge in [-0.15, -0.1) is 0 Å². The molecule has 2 aliphatic carbocycles. The average molecular weight is 513 g/mol. The van der Waals surface area contributed by atoms with E-state index >= 15 is 0 Å². The zero-order valence-corrected chi connectivity index (χ0v) is 23.1. The van der Waals surface area contributed by atoms with Crippen LogP contribution < -0.4 is 0 Å². The molecule has 8 heteroatoms. The molecule has 3 aliphatic heterocycles. The Morgan fingerprint density at radius 3 is 2.47 bits per heavy atom. The molecule has 6 rings (SSSR count). The summed E-state index contributed by atoms with van der Waals surface area (Å²) in [4.78, 5) is 28.2. The highest BCUT2D eigenvalue weighted by Crippen LogP contribution is 2.69. The van der Waals surface area contributed by atoms with Crippen LogP contribution in [0.5, 0.6) is 0 Å². The molecule has 7 nitrogen and oxygen atoms in total. The minimum atomic E-state index is -2.39. The third-order valence-corrected chi connectivity index (χ3v) is 14.2. The van der Waals surface area contributed by atoms with Crippen LogP contribution in [0, 0.1) is 11.3 Å². The van der Waals surface area contributed by atoms with Crippen LogP contribution >= 0.6 is 0 Å². The fourth-order valence-electron chi connectivity index (χ4n) is 6.86. The van der Waals surface area contributed by atoms with E-state index in [4.69, 9.17) is 23.4 Å². The number of rotatable bonds is 3. The Hall–Kier alpha value is -1.84. The number of ether oxygens (including phenoxy) is 4. The molecule has 0 aromatic heterocycles. The first kappa shape index (κ1) is 24.5. The lowest BCUT2D eigenvalue weighted by Gasteiger charge is -2.55. The quantitative estimate of drug-likeness (QED) is 0.256. The molecular weight excluding hydrogens is 476 g/mol. The van der Waals surface area contributed by atoms with Gasteiger partial charge in [-0.1, -0.05) is 51.1 Å². The molecule has 5 aliphatic rings. The number of fused-ring (bicyclic) bond motifs is 1. The maximum atomic E-state index is 14.2. The molecule has 0 N–H and O–H groups in total. The predicted molar refractivity (Wildman–Crippen MR) is 133 cm³/mol. The van der Waals surface area contributed by atoms with Crippen molar-refractivity contribution in [2.75, 3.05) is 6.61 Å². The topological polar surface area (TPSA) is 80.3 Å². The molecule has 1 saturated carbocycles. The van der Waals surface area contributed by atoms with Crippen LogP contribution in [0.3, 0.4) is 0 Å². The van der Waals surface area contributed by atoms with E-state index in [0.717, 1.165) is 11.1 Å². The minimum absolute atomic E-state index is 0.117. The first-order valence-corrected chi connectivity index (χ1v) is 15.8. The highest BCUT2D eigenvalue weighted by atomic mass is 28.4. The Bertz CT molecular complexity index is 1160. The fourth-order valence-corrected chi connectivity index (χ4v) is 8.16. The Labute approximate surface area is 213 Å². The zero-order valence-electron chi connectivity index (χ0n) is 22.1. The molecule has 36 heavy (non-hydrogen) atoms. The molecule has 3 saturated heterocycles. The van der Waals surface area contributed by atoms with Crippen molar-refractivity contribution in [3.63, 3.8) is 0 Å². The molecule has 0 radical (unpaired) electrons. The van der Waals surface area contributed by atoms with Crippen molar-refractivity contribution < 1.29 is 33.0 Å². The Morgan fingerprint density at radius 1 is 1.11 bits per heavy atom. The predicted octanol–water partition coefficient (Wildman–Crippen LogP) is 4.48. The monoisotopic (exact) mass is 512 g/mol. The summed E-state index contributed by atoms with van der Waals surface area (Å²) in [6.07, 6.45) is -0.501. The standard InChI is InChI=1S/C28H36O7Si/c1-16-13-19-22(34-36(6,7)25(2,3)4)27(24(30)32-19)20(29)14-18-21-28(16,27)35-26(18,5)15-31-23(33-21)17-11-9-8-10-12-17/h8-13,18-19,21-23H,14-15H2,1-7H3/t18-,19+,21-,22+,23-,26+,27-,28-/m1/s1. The summed E-state index contributed by atoms with van der Waals surface area (Å²) in [5.74, 6) is -0.979. The molecule has 1 aromatic carbocycles. The number of hydrogen-bond donors (Lipinski definition) is 0. The van der Waals surface area contributed by atoms with Gasteiger partial charge in [-0.25, -0.2) is 0 Å². The van der Waals surface area contributed by atoms with Gasteiger partial charge in [-0.3, -0.25) is 9.59 Å². The number of Topliss-reactive ketones (excluding diaryl/α,β-unsaturated/α-hetero) is 1. The lowest BCUT2D eigenvalue weighted by molar-refractivity contribution is -0.268. The number of benzene rings is 1. The van der Waals surface area contributed by atoms with Gasteiger partial charge in [0.1, 0.15) is 23.9 Å². The lowest BCUT2D eigenvalue weighted by atomic mass is 9.52. The zero-order chi connectivity index (χ0) is 25.9. The van der Waals surface area contributed by atoms with E-state index in [0.29, 0.717) is 0 Å². The van der Waals surface area contributed by atoms with Crippen molar-refractivity contribution >= 4 is 20.1 Å². The van der Waals surface area contributed by atoms with Gasteiger partial charge in [0.2, 0.25) is 0 Å². The van der Waals surface area contributed by atoms with Crippen molar-refractivity contribution in [3.05, 3.63) is 47.5 Å². The van der Waals surface area contributed by atoms with Gasteiger partial charge in [0, 0.05) is 17.9 Å². The van der Waals surface area contributed by atoms with E-state index in [1.807, 2.05) is 50.3 Å². The summed E-state index contributed by atoms with van der Waals surface area (Å²) in [5.41, 5.74) is -2.03. The second kappa shape index (κ2) is 7.38. The number of hydrogen-bond acceptors (Lipinski definition) is 7. The fraction of sp³-hybridized carbons (Fsp3) is 0.643. The first-order valence-electron chi connectivity index (χ1n) is 12.9. The number of esters is 1. The van der Waals surface area contributed by atoms with Gasteiger partial charge in [-0.05, 0) is 43.6 Å². The molecule has 0 unspecified atom stereocenters. The molecule has 4 fully saturated rings. The first-order chi connectivity index (χ1) is 16.8. The Kier molecular flexibility index (Phi) is 5.02. The maximum Gasteiger partial charge on any atom is 0.326 e. The SMILES string of the molecule is CC1=C[C@@H]2OC(=O)[C@@]3(C(=O)C[C@@H]4[C@H]5O[C@H](c6ccccc6)OC[C@]4(C)O[C@]153)[C@H]2O[Si](C)(C)C(C)(C)C. The highest BCUT2D eigenvalue weighted by Gasteiger charge is 2.86. The molecule has 0 amide bonds. The van der Waals surface area contributed by atoms with Crippen molar-refractivity contribution in [1.29, 1.82) is 0 Å². The summed E-state index contributed by atoms with van der Waals surface area (Å²) in [7, 11) is -2.39. The van der Waals surface area contributed by atoms with Gasteiger partial charge < -0.3 is 23.4 Å². The van der Waals surface area contributed by atoms with Crippen molar-refractivity contribution in [2.24, 2.45) is 11.3 Å². The average Bonchev–Trinajstić information content (AvgIpc) is 3.02. The molecule has 1 aromatic rings. The second-order valence-electron chi connectivity index (χ2n) is 12.8. The number of carbonyl (C=O) groups excluding carboxylic acids is 2. The normalized spacial score (nSPS) is 43.5. The smallest absolute Gasteiger partial charge is 0.326 e. The summed E-state index contributed by atoms with van der Waals surface area (Å²) in [6, 6.07) is 9.77. The summed E-state index contributed by atoms with van der Waals surface area (Å²) >= 11 is 0. The van der Waals surface area contributed by atoms with Crippen LogP contribution in [0.15, 0.2) is 42.0 Å². The molecule has 6 bridgehead atoms. The van der Waals surface area contributed by atoms with Crippen LogP contribution in [0.2, 0.25) is 18.1 Å². The van der Waals surface area contributed by atoms with Gasteiger partial charge in [0.05, 0.1) is 12.2 Å². The van der Waals surface area contributed by atoms with Crippen LogP contribution in [-0.4, -0.2) is 56.2 Å². The van der Waals surface area contributed by atoms with Crippen molar-refractivity contribution in [2.45, 2.75) is 95.0 Å². The number of ketones is 1. The van der Waals surface area contributed by atoms with E-state index in [2.05, 4.69) is 33.9 Å². The Morgan fingerprint density at radius 2 is 1.81 bits per heavy atom. The van der Waals surface area contributed by atoms with Gasteiger partial charge in [0.15, 0.2) is 25.8 Å². The van der Waals surface area contributed by atoms with Crippen LogP contribution in [0.4, 0.5) is 0 Å². The van der Waals surface area contributed by atoms with E-state index in [-0.39, 0.29) is 29.8 Å². The summed E-state index contributed by atoms with van der Waals surface area (Å²) in [5, 5.41) is -0.117. The van der Waals surface area contributed by atoms with E-state index < -0.39 is 55.5 Å². The van der Waals surface area contributed by atoms with Crippen LogP contribution in [-0.2, 0) is 33.0 Å². The molecular formula is C28H36O7Si. The molecule has 194 valence electrons. The van der Waals surface area contributed by atoms with Gasteiger partial charge >= 0.3 is 5.97 Å². The van der Waals surface area contributed by atoms with Crippen LogP contribution in [0.1, 0.15) is 52.9 Å². The van der Waals surface area contributed by atoms with E-state index in [1.54, 1.807) is 0 Å². The molecule has 3 heterocycles. The Balaban J connectivity index is 1.53. The third kappa shape index (κ3) is 2.82. The molecule has 8 atom stereocenters. The van der Waals surface area contributed by atoms with Gasteiger partial charge in [0.25, 0.3) is 0 Å². The maximum absolute atomic E-state index is 14.2. The lowest BCUT2D eigenvalue weighted by Crippen LogP contribution is -2.72. The van der Waals surface area contributed by atoms with E-state index in [9.17, 15) is 9.59 Å². The highest BCUT2D eigenvalue weighted by molar-refractivity contribution is 6.74. The largest absolute Gasteiger partial charge is 0.454 e. The molecule has 2 spiro atoms. The van der Waals surface area contributed by atoms with Crippen LogP contribution in [0.25, 0.3) is 0 Å². The minimum Gasteiger partial charge on any atom is -0.454 e. The summed E-state index contributed by atoms with van der Waals surface area (Å²) < 4.78 is 32.7. The van der Waals surface area contributed by atoms with Crippen molar-refractivity contribution in [3.8, 4) is 0 Å². The van der Waals surface area contributed by atoms with E-state index in [1.165, 1.54) is 0 Å².